The van der Waals surface area contributed by atoms with Gasteiger partial charge >= 0.3 is 0 Å². The molecule has 1 N–H and O–H groups in total. The number of rotatable bonds is 3. The van der Waals surface area contributed by atoms with Gasteiger partial charge in [0.1, 0.15) is 11.6 Å². The van der Waals surface area contributed by atoms with Crippen molar-refractivity contribution in [1.82, 2.24) is 10.2 Å². The smallest absolute Gasteiger partial charge is 0.126 e. The summed E-state index contributed by atoms with van der Waals surface area (Å²) in [5.41, 5.74) is 0.632. The minimum Gasteiger partial charge on any atom is -0.314 e. The molecule has 0 aliphatic carbocycles. The van der Waals surface area contributed by atoms with Gasteiger partial charge in [-0.25, -0.2) is 8.78 Å². The van der Waals surface area contributed by atoms with Crippen LogP contribution in [0.15, 0.2) is 30.3 Å². The molecule has 1 aliphatic rings. The van der Waals surface area contributed by atoms with Gasteiger partial charge in [0.05, 0.1) is 10.4 Å². The molecular formula is C15H15ClF2N2S. The van der Waals surface area contributed by atoms with Gasteiger partial charge in [-0.15, -0.1) is 11.3 Å². The monoisotopic (exact) mass is 328 g/mol. The molecule has 1 aromatic heterocycles. The molecule has 2 aromatic rings. The number of nitrogens with zero attached hydrogens (tertiary/aromatic N) is 1. The Morgan fingerprint density at radius 1 is 1.10 bits per heavy atom. The third-order valence-electron chi connectivity index (χ3n) is 3.58. The van der Waals surface area contributed by atoms with E-state index in [1.165, 1.54) is 23.5 Å². The number of thiophene rings is 1. The third kappa shape index (κ3) is 3.43. The van der Waals surface area contributed by atoms with Crippen LogP contribution in [-0.2, 0) is 0 Å². The number of nitrogens with one attached hydrogen (secondary N) is 1. The molecule has 2 nitrogen and oxygen atoms in total. The van der Waals surface area contributed by atoms with Crippen LogP contribution in [0.1, 0.15) is 16.5 Å². The normalized spacial score (nSPS) is 17.9. The zero-order chi connectivity index (χ0) is 14.8. The molecule has 0 saturated carbocycles. The van der Waals surface area contributed by atoms with Gasteiger partial charge in [-0.05, 0) is 29.8 Å². The van der Waals surface area contributed by atoms with Crippen molar-refractivity contribution in [1.29, 1.82) is 0 Å². The fourth-order valence-electron chi connectivity index (χ4n) is 2.70. The van der Waals surface area contributed by atoms with Gasteiger partial charge in [-0.2, -0.15) is 0 Å². The van der Waals surface area contributed by atoms with E-state index in [9.17, 15) is 8.78 Å². The number of hydrogen-bond acceptors (Lipinski definition) is 3. The van der Waals surface area contributed by atoms with Gasteiger partial charge in [0.25, 0.3) is 0 Å². The van der Waals surface area contributed by atoms with Crippen LogP contribution in [0.2, 0.25) is 4.34 Å². The van der Waals surface area contributed by atoms with E-state index in [4.69, 9.17) is 11.6 Å². The van der Waals surface area contributed by atoms with E-state index < -0.39 is 11.6 Å². The topological polar surface area (TPSA) is 15.3 Å². The van der Waals surface area contributed by atoms with E-state index in [0.29, 0.717) is 9.90 Å². The third-order valence-corrected chi connectivity index (χ3v) is 4.86. The fraction of sp³-hybridized carbons (Fsp3) is 0.333. The highest BCUT2D eigenvalue weighted by Gasteiger charge is 2.26. The van der Waals surface area contributed by atoms with E-state index in [2.05, 4.69) is 10.2 Å². The van der Waals surface area contributed by atoms with Gasteiger partial charge in [0.15, 0.2) is 0 Å². The van der Waals surface area contributed by atoms with Crippen LogP contribution < -0.4 is 5.32 Å². The van der Waals surface area contributed by atoms with Crippen molar-refractivity contribution < 1.29 is 8.78 Å². The number of piperazine rings is 1. The summed E-state index contributed by atoms with van der Waals surface area (Å²) in [6.07, 6.45) is 0. The van der Waals surface area contributed by atoms with Gasteiger partial charge in [0, 0.05) is 37.1 Å². The maximum absolute atomic E-state index is 13.6. The standard InChI is InChI=1S/C15H15ClF2N2S/c16-14-2-1-13(21-14)15(20-5-3-19-4-6-20)10-7-11(17)9-12(18)8-10/h1-2,7-9,15,19H,3-6H2/t15-/m1/s1. The average Bonchev–Trinajstić information content (AvgIpc) is 2.85. The van der Waals surface area contributed by atoms with Gasteiger partial charge < -0.3 is 5.32 Å². The summed E-state index contributed by atoms with van der Waals surface area (Å²) in [6.45, 7) is 3.40. The van der Waals surface area contributed by atoms with Crippen LogP contribution in [0.4, 0.5) is 8.78 Å². The maximum atomic E-state index is 13.6. The lowest BCUT2D eigenvalue weighted by atomic mass is 10.0. The number of halogens is 3. The van der Waals surface area contributed by atoms with Gasteiger partial charge in [-0.3, -0.25) is 4.90 Å². The Kier molecular flexibility index (Phi) is 4.54. The molecule has 6 heteroatoms. The predicted molar refractivity (Wildman–Crippen MR) is 82.0 cm³/mol. The number of hydrogen-bond donors (Lipinski definition) is 1. The van der Waals surface area contributed by atoms with Crippen LogP contribution >= 0.6 is 22.9 Å². The highest BCUT2D eigenvalue weighted by molar-refractivity contribution is 7.16. The summed E-state index contributed by atoms with van der Waals surface area (Å²) in [6, 6.07) is 7.32. The fourth-order valence-corrected chi connectivity index (χ4v) is 3.93. The zero-order valence-electron chi connectivity index (χ0n) is 11.3. The average molecular weight is 329 g/mol. The van der Waals surface area contributed by atoms with Crippen LogP contribution in [-0.4, -0.2) is 31.1 Å². The quantitative estimate of drug-likeness (QED) is 0.924. The molecule has 0 radical (unpaired) electrons. The molecule has 3 rings (SSSR count). The summed E-state index contributed by atoms with van der Waals surface area (Å²) >= 11 is 7.49. The van der Waals surface area contributed by atoms with Crippen molar-refractivity contribution in [3.8, 4) is 0 Å². The minimum atomic E-state index is -0.548. The Hall–Kier alpha value is -1.01. The predicted octanol–water partition coefficient (Wildman–Crippen LogP) is 3.67. The Bertz CT molecular complexity index is 606. The number of benzene rings is 1. The highest BCUT2D eigenvalue weighted by Crippen LogP contribution is 2.35. The van der Waals surface area contributed by atoms with E-state index in [-0.39, 0.29) is 6.04 Å². The second-order valence-corrected chi connectivity index (χ2v) is 6.78. The zero-order valence-corrected chi connectivity index (χ0v) is 12.9. The Morgan fingerprint density at radius 2 is 1.76 bits per heavy atom. The van der Waals surface area contributed by atoms with Crippen LogP contribution in [0, 0.1) is 11.6 Å². The Labute approximate surface area is 131 Å². The summed E-state index contributed by atoms with van der Waals surface area (Å²) in [7, 11) is 0. The first-order chi connectivity index (χ1) is 10.1. The summed E-state index contributed by atoms with van der Waals surface area (Å²) in [5.74, 6) is -1.10. The molecule has 1 aromatic carbocycles. The van der Waals surface area contributed by atoms with Gasteiger partial charge in [-0.1, -0.05) is 11.6 Å². The van der Waals surface area contributed by atoms with Crippen LogP contribution in [0.3, 0.4) is 0 Å². The molecule has 112 valence electrons. The summed E-state index contributed by atoms with van der Waals surface area (Å²) in [4.78, 5) is 3.24. The SMILES string of the molecule is Fc1cc(F)cc([C@H](c2ccc(Cl)s2)N2CCNCC2)c1. The summed E-state index contributed by atoms with van der Waals surface area (Å²) in [5, 5.41) is 3.29. The maximum Gasteiger partial charge on any atom is 0.126 e. The molecule has 1 fully saturated rings. The lowest BCUT2D eigenvalue weighted by Gasteiger charge is -2.34. The van der Waals surface area contributed by atoms with E-state index >= 15 is 0 Å². The molecule has 0 unspecified atom stereocenters. The van der Waals surface area contributed by atoms with Crippen molar-refractivity contribution in [3.63, 3.8) is 0 Å². The molecular weight excluding hydrogens is 314 g/mol. The molecule has 0 spiro atoms. The highest BCUT2D eigenvalue weighted by atomic mass is 35.5. The van der Waals surface area contributed by atoms with Crippen molar-refractivity contribution in [2.24, 2.45) is 0 Å². The molecule has 21 heavy (non-hydrogen) atoms. The van der Waals surface area contributed by atoms with Crippen LogP contribution in [0.5, 0.6) is 0 Å². The van der Waals surface area contributed by atoms with Gasteiger partial charge in [0.2, 0.25) is 0 Å². The first kappa shape index (κ1) is 14.9. The van der Waals surface area contributed by atoms with Crippen LogP contribution in [0.25, 0.3) is 0 Å². The molecule has 2 heterocycles. The van der Waals surface area contributed by atoms with E-state index in [1.54, 1.807) is 0 Å². The van der Waals surface area contributed by atoms with Crippen molar-refractivity contribution in [3.05, 3.63) is 56.7 Å². The van der Waals surface area contributed by atoms with Crippen molar-refractivity contribution in [2.45, 2.75) is 6.04 Å². The molecule has 0 amide bonds. The second kappa shape index (κ2) is 6.40. The second-order valence-electron chi connectivity index (χ2n) is 5.03. The lowest BCUT2D eigenvalue weighted by Crippen LogP contribution is -2.45. The van der Waals surface area contributed by atoms with Crippen molar-refractivity contribution in [2.75, 3.05) is 26.2 Å². The molecule has 0 bridgehead atoms. The lowest BCUT2D eigenvalue weighted by molar-refractivity contribution is 0.200. The van der Waals surface area contributed by atoms with Crippen molar-refractivity contribution >= 4 is 22.9 Å². The molecule has 1 saturated heterocycles. The first-order valence-electron chi connectivity index (χ1n) is 6.79. The first-order valence-corrected chi connectivity index (χ1v) is 7.99. The van der Waals surface area contributed by atoms with E-state index in [0.717, 1.165) is 37.1 Å². The Balaban J connectivity index is 2.02. The largest absolute Gasteiger partial charge is 0.314 e. The Morgan fingerprint density at radius 3 is 2.33 bits per heavy atom. The van der Waals surface area contributed by atoms with E-state index in [1.807, 2.05) is 12.1 Å². The summed E-state index contributed by atoms with van der Waals surface area (Å²) < 4.78 is 27.8. The molecule has 1 aliphatic heterocycles. The minimum absolute atomic E-state index is 0.158. The molecule has 1 atom stereocenters.